The standard InChI is InChI=1S/C12H14ClN5O2S/c1-20-7(19)6-14-9-8-10(16-11(13)15-9)17-12(21-8)18-4-2-3-5-18/h2-6H2,1H3,(H,14,15,16). The molecule has 0 aromatic carbocycles. The van der Waals surface area contributed by atoms with E-state index in [1.807, 2.05) is 0 Å². The number of ether oxygens (including phenoxy) is 1. The Hall–Kier alpha value is -1.67. The summed E-state index contributed by atoms with van der Waals surface area (Å²) in [7, 11) is 1.34. The summed E-state index contributed by atoms with van der Waals surface area (Å²) in [5.74, 6) is 0.139. The second-order valence-corrected chi connectivity index (χ2v) is 5.93. The topological polar surface area (TPSA) is 80.2 Å². The third-order valence-electron chi connectivity index (χ3n) is 3.22. The Labute approximate surface area is 130 Å². The molecule has 112 valence electrons. The number of fused-ring (bicyclic) bond motifs is 1. The molecule has 0 amide bonds. The van der Waals surface area contributed by atoms with Crippen LogP contribution in [0.3, 0.4) is 0 Å². The number of nitrogens with one attached hydrogen (secondary N) is 1. The Balaban J connectivity index is 1.92. The maximum Gasteiger partial charge on any atom is 0.325 e. The lowest BCUT2D eigenvalue weighted by Gasteiger charge is -2.11. The summed E-state index contributed by atoms with van der Waals surface area (Å²) >= 11 is 7.42. The van der Waals surface area contributed by atoms with E-state index in [1.54, 1.807) is 0 Å². The first kappa shape index (κ1) is 14.3. The zero-order valence-electron chi connectivity index (χ0n) is 11.4. The molecule has 1 aliphatic rings. The lowest BCUT2D eigenvalue weighted by molar-refractivity contribution is -0.138. The monoisotopic (exact) mass is 327 g/mol. The number of aromatic nitrogens is 3. The molecule has 0 aliphatic carbocycles. The summed E-state index contributed by atoms with van der Waals surface area (Å²) in [4.78, 5) is 26.3. The Morgan fingerprint density at radius 2 is 2.14 bits per heavy atom. The number of halogens is 1. The van der Waals surface area contributed by atoms with Crippen LogP contribution in [0.25, 0.3) is 10.3 Å². The average molecular weight is 328 g/mol. The molecule has 1 aliphatic heterocycles. The van der Waals surface area contributed by atoms with Crippen molar-refractivity contribution in [3.8, 4) is 0 Å². The second-order valence-electron chi connectivity index (χ2n) is 4.61. The van der Waals surface area contributed by atoms with Gasteiger partial charge < -0.3 is 15.0 Å². The van der Waals surface area contributed by atoms with Crippen LogP contribution in [0, 0.1) is 0 Å². The molecular weight excluding hydrogens is 314 g/mol. The molecule has 3 heterocycles. The van der Waals surface area contributed by atoms with E-state index in [1.165, 1.54) is 31.3 Å². The average Bonchev–Trinajstić information content (AvgIpc) is 3.12. The van der Waals surface area contributed by atoms with Crippen molar-refractivity contribution in [1.29, 1.82) is 0 Å². The Bertz CT molecular complexity index is 671. The quantitative estimate of drug-likeness (QED) is 0.678. The van der Waals surface area contributed by atoms with Crippen LogP contribution < -0.4 is 10.2 Å². The molecule has 0 spiro atoms. The van der Waals surface area contributed by atoms with Crippen molar-refractivity contribution in [1.82, 2.24) is 15.0 Å². The first-order valence-corrected chi connectivity index (χ1v) is 7.76. The van der Waals surface area contributed by atoms with E-state index in [2.05, 4.69) is 29.9 Å². The van der Waals surface area contributed by atoms with Gasteiger partial charge in [-0.05, 0) is 24.4 Å². The molecule has 1 fully saturated rings. The van der Waals surface area contributed by atoms with Crippen molar-refractivity contribution in [2.45, 2.75) is 12.8 Å². The van der Waals surface area contributed by atoms with Gasteiger partial charge in [0.1, 0.15) is 11.2 Å². The predicted octanol–water partition coefficient (Wildman–Crippen LogP) is 1.92. The zero-order valence-corrected chi connectivity index (χ0v) is 13.0. The third kappa shape index (κ3) is 3.01. The number of methoxy groups -OCH3 is 1. The Morgan fingerprint density at radius 3 is 2.86 bits per heavy atom. The van der Waals surface area contributed by atoms with Crippen LogP contribution in [0.2, 0.25) is 5.28 Å². The van der Waals surface area contributed by atoms with Crippen LogP contribution in [-0.2, 0) is 9.53 Å². The number of rotatable bonds is 4. The van der Waals surface area contributed by atoms with Crippen molar-refractivity contribution in [2.24, 2.45) is 0 Å². The van der Waals surface area contributed by atoms with Crippen molar-refractivity contribution < 1.29 is 9.53 Å². The Kier molecular flexibility index (Phi) is 4.07. The maximum absolute atomic E-state index is 11.2. The van der Waals surface area contributed by atoms with Crippen LogP contribution in [0.15, 0.2) is 0 Å². The molecule has 2 aromatic heterocycles. The molecule has 1 saturated heterocycles. The highest BCUT2D eigenvalue weighted by atomic mass is 35.5. The fraction of sp³-hybridized carbons (Fsp3) is 0.500. The summed E-state index contributed by atoms with van der Waals surface area (Å²) in [6.07, 6.45) is 2.35. The fourth-order valence-electron chi connectivity index (χ4n) is 2.18. The van der Waals surface area contributed by atoms with Crippen LogP contribution in [0.1, 0.15) is 12.8 Å². The maximum atomic E-state index is 11.2. The lowest BCUT2D eigenvalue weighted by Crippen LogP contribution is -2.16. The van der Waals surface area contributed by atoms with Gasteiger partial charge >= 0.3 is 5.97 Å². The number of esters is 1. The van der Waals surface area contributed by atoms with Gasteiger partial charge in [-0.2, -0.15) is 15.0 Å². The highest BCUT2D eigenvalue weighted by Crippen LogP contribution is 2.34. The van der Waals surface area contributed by atoms with E-state index in [-0.39, 0.29) is 17.8 Å². The highest BCUT2D eigenvalue weighted by Gasteiger charge is 2.19. The number of carbonyl (C=O) groups is 1. The smallest absolute Gasteiger partial charge is 0.325 e. The molecule has 21 heavy (non-hydrogen) atoms. The number of hydrogen-bond acceptors (Lipinski definition) is 8. The number of hydrogen-bond donors (Lipinski definition) is 1. The van der Waals surface area contributed by atoms with Crippen molar-refractivity contribution in [2.75, 3.05) is 37.0 Å². The first-order chi connectivity index (χ1) is 10.2. The molecule has 0 saturated carbocycles. The molecule has 2 aromatic rings. The van der Waals surface area contributed by atoms with Gasteiger partial charge in [-0.3, -0.25) is 4.79 Å². The summed E-state index contributed by atoms with van der Waals surface area (Å²) in [5.41, 5.74) is 0.550. The summed E-state index contributed by atoms with van der Waals surface area (Å²) in [6.45, 7) is 2.04. The molecule has 0 unspecified atom stereocenters. The van der Waals surface area contributed by atoms with Crippen molar-refractivity contribution in [3.63, 3.8) is 0 Å². The number of carbonyl (C=O) groups excluding carboxylic acids is 1. The third-order valence-corrected chi connectivity index (χ3v) is 4.50. The first-order valence-electron chi connectivity index (χ1n) is 6.57. The summed E-state index contributed by atoms with van der Waals surface area (Å²) in [5, 5.41) is 3.95. The van der Waals surface area contributed by atoms with E-state index >= 15 is 0 Å². The van der Waals surface area contributed by atoms with Crippen LogP contribution >= 0.6 is 22.9 Å². The van der Waals surface area contributed by atoms with Gasteiger partial charge in [0.05, 0.1) is 7.11 Å². The van der Waals surface area contributed by atoms with E-state index in [4.69, 9.17) is 11.6 Å². The number of anilines is 2. The van der Waals surface area contributed by atoms with Crippen LogP contribution in [0.4, 0.5) is 10.9 Å². The molecule has 9 heteroatoms. The minimum absolute atomic E-state index is 0.0237. The van der Waals surface area contributed by atoms with Gasteiger partial charge in [-0.15, -0.1) is 0 Å². The largest absolute Gasteiger partial charge is 0.468 e. The second kappa shape index (κ2) is 5.98. The number of nitrogens with zero attached hydrogens (tertiary/aromatic N) is 4. The molecule has 1 N–H and O–H groups in total. The predicted molar refractivity (Wildman–Crippen MR) is 82.2 cm³/mol. The van der Waals surface area contributed by atoms with Gasteiger partial charge in [-0.25, -0.2) is 0 Å². The van der Waals surface area contributed by atoms with Crippen LogP contribution in [0.5, 0.6) is 0 Å². The van der Waals surface area contributed by atoms with E-state index in [9.17, 15) is 4.79 Å². The van der Waals surface area contributed by atoms with Gasteiger partial charge in [-0.1, -0.05) is 11.3 Å². The van der Waals surface area contributed by atoms with Gasteiger partial charge in [0.2, 0.25) is 5.28 Å². The SMILES string of the molecule is COC(=O)CNc1nc(Cl)nc2nc(N3CCCC3)sc12. The molecule has 7 nitrogen and oxygen atoms in total. The van der Waals surface area contributed by atoms with Crippen molar-refractivity contribution in [3.05, 3.63) is 5.28 Å². The lowest BCUT2D eigenvalue weighted by atomic mass is 10.4. The van der Waals surface area contributed by atoms with Crippen LogP contribution in [-0.4, -0.2) is 47.7 Å². The molecule has 0 bridgehead atoms. The minimum atomic E-state index is -0.373. The molecular formula is C12H14ClN5O2S. The van der Waals surface area contributed by atoms with Gasteiger partial charge in [0.25, 0.3) is 0 Å². The van der Waals surface area contributed by atoms with E-state index in [0.29, 0.717) is 11.5 Å². The molecule has 0 atom stereocenters. The molecule has 3 rings (SSSR count). The normalized spacial score (nSPS) is 14.7. The van der Waals surface area contributed by atoms with E-state index in [0.717, 1.165) is 22.9 Å². The highest BCUT2D eigenvalue weighted by molar-refractivity contribution is 7.22. The summed E-state index contributed by atoms with van der Waals surface area (Å²) < 4.78 is 5.40. The Morgan fingerprint density at radius 1 is 1.38 bits per heavy atom. The number of thiazole rings is 1. The van der Waals surface area contributed by atoms with Gasteiger partial charge in [0, 0.05) is 13.1 Å². The van der Waals surface area contributed by atoms with E-state index < -0.39 is 0 Å². The zero-order chi connectivity index (χ0) is 14.8. The summed E-state index contributed by atoms with van der Waals surface area (Å²) in [6, 6.07) is 0. The molecule has 0 radical (unpaired) electrons. The fourth-order valence-corrected chi connectivity index (χ4v) is 3.37. The van der Waals surface area contributed by atoms with Crippen molar-refractivity contribution >= 4 is 50.2 Å². The van der Waals surface area contributed by atoms with Gasteiger partial charge in [0.15, 0.2) is 16.6 Å². The minimum Gasteiger partial charge on any atom is -0.468 e.